The third kappa shape index (κ3) is 3.25. The van der Waals surface area contributed by atoms with Gasteiger partial charge < -0.3 is 9.64 Å². The van der Waals surface area contributed by atoms with Crippen LogP contribution < -0.4 is 0 Å². The molecule has 0 fully saturated rings. The highest BCUT2D eigenvalue weighted by atomic mass is 32.1. The average molecular weight is 346 g/mol. The first-order valence-electron chi connectivity index (χ1n) is 6.86. The summed E-state index contributed by atoms with van der Waals surface area (Å²) in [5.74, 6) is -0.563. The Morgan fingerprint density at radius 1 is 1.13 bits per heavy atom. The molecule has 2 heterocycles. The van der Waals surface area contributed by atoms with Gasteiger partial charge in [0.25, 0.3) is 5.91 Å². The molecule has 0 aliphatic carbocycles. The third-order valence-electron chi connectivity index (χ3n) is 3.26. The van der Waals surface area contributed by atoms with Gasteiger partial charge >= 0.3 is 5.97 Å². The third-order valence-corrected chi connectivity index (χ3v) is 5.34. The summed E-state index contributed by atoms with van der Waals surface area (Å²) in [6.07, 6.45) is 0. The molecule has 0 atom stereocenters. The zero-order valence-corrected chi connectivity index (χ0v) is 14.2. The average Bonchev–Trinajstić information content (AvgIpc) is 3.19. The van der Waals surface area contributed by atoms with Crippen molar-refractivity contribution >= 4 is 44.8 Å². The van der Waals surface area contributed by atoms with Crippen LogP contribution >= 0.6 is 22.7 Å². The molecule has 0 spiro atoms. The number of hydrogen-bond donors (Lipinski definition) is 0. The number of carbonyl (C=O) groups is 2. The number of hydrogen-bond acceptors (Lipinski definition) is 6. The van der Waals surface area contributed by atoms with Gasteiger partial charge in [0.1, 0.15) is 9.88 Å². The van der Waals surface area contributed by atoms with Crippen molar-refractivity contribution in [3.8, 4) is 0 Å². The number of benzene rings is 1. The molecule has 0 saturated heterocycles. The van der Waals surface area contributed by atoms with Crippen LogP contribution in [0, 0.1) is 0 Å². The summed E-state index contributed by atoms with van der Waals surface area (Å²) < 4.78 is 5.76. The lowest BCUT2D eigenvalue weighted by molar-refractivity contribution is 0.0606. The largest absolute Gasteiger partial charge is 0.465 e. The number of carbonyl (C=O) groups excluding carboxylic acids is 2. The molecule has 23 heavy (non-hydrogen) atoms. The Bertz CT molecular complexity index is 836. The van der Waals surface area contributed by atoms with Crippen molar-refractivity contribution in [3.05, 3.63) is 51.2 Å². The second-order valence-corrected chi connectivity index (χ2v) is 7.09. The minimum absolute atomic E-state index is 0.135. The first kappa shape index (κ1) is 15.6. The molecule has 1 aromatic carbocycles. The smallest absolute Gasteiger partial charge is 0.348 e. The summed E-state index contributed by atoms with van der Waals surface area (Å²) in [5.41, 5.74) is 0.942. The van der Waals surface area contributed by atoms with E-state index in [-0.39, 0.29) is 5.91 Å². The van der Waals surface area contributed by atoms with Crippen LogP contribution in [0.2, 0.25) is 0 Å². The summed E-state index contributed by atoms with van der Waals surface area (Å²) in [7, 11) is 3.05. The number of para-hydroxylation sites is 1. The van der Waals surface area contributed by atoms with Crippen molar-refractivity contribution in [1.82, 2.24) is 9.88 Å². The van der Waals surface area contributed by atoms with Crippen molar-refractivity contribution in [2.45, 2.75) is 6.54 Å². The number of nitrogens with zero attached hydrogens (tertiary/aromatic N) is 2. The Kier molecular flexibility index (Phi) is 4.40. The number of ether oxygens (including phenoxy) is 1. The van der Waals surface area contributed by atoms with Gasteiger partial charge in [-0.15, -0.1) is 22.7 Å². The predicted octanol–water partition coefficient (Wildman–Crippen LogP) is 3.42. The molecule has 0 bridgehead atoms. The quantitative estimate of drug-likeness (QED) is 0.679. The second-order valence-electron chi connectivity index (χ2n) is 4.89. The van der Waals surface area contributed by atoms with Crippen LogP contribution in [-0.2, 0) is 11.3 Å². The highest BCUT2D eigenvalue weighted by Crippen LogP contribution is 2.24. The van der Waals surface area contributed by atoms with Gasteiger partial charge in [-0.2, -0.15) is 0 Å². The summed E-state index contributed by atoms with van der Waals surface area (Å²) in [6, 6.07) is 11.1. The number of rotatable bonds is 4. The molecular formula is C16H14N2O3S2. The summed E-state index contributed by atoms with van der Waals surface area (Å²) in [6.45, 7) is 0.434. The molecule has 0 radical (unpaired) electrons. The monoisotopic (exact) mass is 346 g/mol. The van der Waals surface area contributed by atoms with Crippen LogP contribution in [0.3, 0.4) is 0 Å². The number of amides is 1. The minimum Gasteiger partial charge on any atom is -0.465 e. The fourth-order valence-corrected chi connectivity index (χ4v) is 4.05. The molecule has 2 aromatic heterocycles. The van der Waals surface area contributed by atoms with E-state index in [1.54, 1.807) is 35.4 Å². The number of thiophene rings is 1. The van der Waals surface area contributed by atoms with Crippen LogP contribution in [0.1, 0.15) is 24.4 Å². The maximum Gasteiger partial charge on any atom is 0.348 e. The predicted molar refractivity (Wildman–Crippen MR) is 91.1 cm³/mol. The van der Waals surface area contributed by atoms with Crippen LogP contribution in [0.4, 0.5) is 0 Å². The van der Waals surface area contributed by atoms with E-state index in [4.69, 9.17) is 0 Å². The SMILES string of the molecule is COC(=O)c1ccc(C(=O)N(C)Cc2nc3ccccc3s2)s1. The van der Waals surface area contributed by atoms with E-state index in [1.807, 2.05) is 24.3 Å². The van der Waals surface area contributed by atoms with Gasteiger partial charge in [0, 0.05) is 7.05 Å². The lowest BCUT2D eigenvalue weighted by Gasteiger charge is -2.14. The van der Waals surface area contributed by atoms with Crippen molar-refractivity contribution in [2.75, 3.05) is 14.2 Å². The van der Waals surface area contributed by atoms with E-state index in [0.717, 1.165) is 26.6 Å². The molecular weight excluding hydrogens is 332 g/mol. The van der Waals surface area contributed by atoms with Crippen LogP contribution in [0.5, 0.6) is 0 Å². The standard InChI is InChI=1S/C16H14N2O3S2/c1-18(9-14-17-10-5-3-4-6-11(10)23-14)15(19)12-7-8-13(22-12)16(20)21-2/h3-8H,9H2,1-2H3. The van der Waals surface area contributed by atoms with Crippen molar-refractivity contribution < 1.29 is 14.3 Å². The fourth-order valence-electron chi connectivity index (χ4n) is 2.11. The van der Waals surface area contributed by atoms with Gasteiger partial charge in [0.15, 0.2) is 0 Å². The fraction of sp³-hybridized carbons (Fsp3) is 0.188. The number of thiazole rings is 1. The topological polar surface area (TPSA) is 59.5 Å². The highest BCUT2D eigenvalue weighted by Gasteiger charge is 2.18. The van der Waals surface area contributed by atoms with E-state index in [2.05, 4.69) is 9.72 Å². The molecule has 5 nitrogen and oxygen atoms in total. The van der Waals surface area contributed by atoms with Gasteiger partial charge in [-0.25, -0.2) is 9.78 Å². The van der Waals surface area contributed by atoms with Gasteiger partial charge in [-0.1, -0.05) is 12.1 Å². The van der Waals surface area contributed by atoms with Crippen LogP contribution in [0.15, 0.2) is 36.4 Å². The Morgan fingerprint density at radius 2 is 1.87 bits per heavy atom. The molecule has 3 aromatic rings. The van der Waals surface area contributed by atoms with Gasteiger partial charge in [0.2, 0.25) is 0 Å². The van der Waals surface area contributed by atoms with Crippen molar-refractivity contribution in [3.63, 3.8) is 0 Å². The number of fused-ring (bicyclic) bond motifs is 1. The number of aromatic nitrogens is 1. The van der Waals surface area contributed by atoms with Gasteiger partial charge in [-0.3, -0.25) is 4.79 Å². The van der Waals surface area contributed by atoms with Crippen molar-refractivity contribution in [1.29, 1.82) is 0 Å². The Morgan fingerprint density at radius 3 is 2.61 bits per heavy atom. The first-order chi connectivity index (χ1) is 11.1. The summed E-state index contributed by atoms with van der Waals surface area (Å²) in [4.78, 5) is 31.0. The van der Waals surface area contributed by atoms with Crippen LogP contribution in [0.25, 0.3) is 10.2 Å². The highest BCUT2D eigenvalue weighted by molar-refractivity contribution is 7.18. The molecule has 0 saturated carbocycles. The molecule has 118 valence electrons. The van der Waals surface area contributed by atoms with Gasteiger partial charge in [-0.05, 0) is 24.3 Å². The Labute approximate surface area is 141 Å². The zero-order chi connectivity index (χ0) is 16.4. The van der Waals surface area contributed by atoms with Crippen LogP contribution in [-0.4, -0.2) is 35.9 Å². The molecule has 0 aliphatic heterocycles. The lowest BCUT2D eigenvalue weighted by atomic mass is 10.3. The molecule has 1 amide bonds. The van der Waals surface area contributed by atoms with E-state index in [9.17, 15) is 9.59 Å². The van der Waals surface area contributed by atoms with Crippen molar-refractivity contribution in [2.24, 2.45) is 0 Å². The molecule has 0 unspecified atom stereocenters. The normalized spacial score (nSPS) is 10.7. The number of esters is 1. The summed E-state index contributed by atoms with van der Waals surface area (Å²) in [5, 5.41) is 0.881. The van der Waals surface area contributed by atoms with Gasteiger partial charge in [0.05, 0.1) is 28.7 Å². The number of methoxy groups -OCH3 is 1. The summed E-state index contributed by atoms with van der Waals surface area (Å²) >= 11 is 2.71. The molecule has 3 rings (SSSR count). The molecule has 0 N–H and O–H groups in total. The lowest BCUT2D eigenvalue weighted by Crippen LogP contribution is -2.25. The van der Waals surface area contributed by atoms with E-state index < -0.39 is 5.97 Å². The molecule has 0 aliphatic rings. The maximum absolute atomic E-state index is 12.4. The Balaban J connectivity index is 1.74. The second kappa shape index (κ2) is 6.47. The maximum atomic E-state index is 12.4. The van der Waals surface area contributed by atoms with E-state index in [0.29, 0.717) is 16.3 Å². The minimum atomic E-state index is -0.428. The Hall–Kier alpha value is -2.25. The zero-order valence-electron chi connectivity index (χ0n) is 12.6. The molecule has 7 heteroatoms. The first-order valence-corrected chi connectivity index (χ1v) is 8.50. The van der Waals surface area contributed by atoms with E-state index in [1.165, 1.54) is 7.11 Å². The van der Waals surface area contributed by atoms with E-state index >= 15 is 0 Å².